The summed E-state index contributed by atoms with van der Waals surface area (Å²) in [5.74, 6) is 0. The smallest absolute Gasteiger partial charge is 0.235 e. The molecule has 0 aromatic heterocycles. The van der Waals surface area contributed by atoms with E-state index < -0.39 is 5.54 Å². The third-order valence-corrected chi connectivity index (χ3v) is 3.19. The van der Waals surface area contributed by atoms with Crippen molar-refractivity contribution in [3.8, 4) is 0 Å². The van der Waals surface area contributed by atoms with Crippen molar-refractivity contribution >= 4 is 6.08 Å². The molecule has 1 aliphatic rings. The Kier molecular flexibility index (Phi) is 4.65. The molecule has 1 saturated heterocycles. The van der Waals surface area contributed by atoms with Gasteiger partial charge in [0.15, 0.2) is 0 Å². The Hall–Kier alpha value is -1.48. The zero-order valence-corrected chi connectivity index (χ0v) is 10.3. The maximum Gasteiger partial charge on any atom is 0.235 e. The molecule has 1 heterocycles. The van der Waals surface area contributed by atoms with E-state index >= 15 is 0 Å². The Labute approximate surface area is 107 Å². The van der Waals surface area contributed by atoms with Crippen molar-refractivity contribution < 1.29 is 14.3 Å². The van der Waals surface area contributed by atoms with Crippen LogP contribution in [0.15, 0.2) is 35.3 Å². The van der Waals surface area contributed by atoms with Crippen LogP contribution in [0.5, 0.6) is 0 Å². The predicted molar refractivity (Wildman–Crippen MR) is 67.0 cm³/mol. The summed E-state index contributed by atoms with van der Waals surface area (Å²) in [5.41, 5.74) is 0.684. The van der Waals surface area contributed by atoms with Crippen LogP contribution in [-0.2, 0) is 20.9 Å². The molecule has 0 amide bonds. The average molecular weight is 247 g/mol. The van der Waals surface area contributed by atoms with Gasteiger partial charge in [-0.3, -0.25) is 0 Å². The molecular weight excluding hydrogens is 230 g/mol. The molecule has 0 spiro atoms. The summed E-state index contributed by atoms with van der Waals surface area (Å²) >= 11 is 0. The minimum absolute atomic E-state index is 0.436. The van der Waals surface area contributed by atoms with Gasteiger partial charge in [0.05, 0.1) is 13.2 Å². The third-order valence-electron chi connectivity index (χ3n) is 3.19. The second-order valence-corrected chi connectivity index (χ2v) is 4.52. The molecule has 0 atom stereocenters. The third kappa shape index (κ3) is 3.50. The topological polar surface area (TPSA) is 47.9 Å². The minimum atomic E-state index is -0.436. The Bertz CT molecular complexity index is 406. The van der Waals surface area contributed by atoms with Gasteiger partial charge in [-0.1, -0.05) is 30.3 Å². The predicted octanol–water partition coefficient (Wildman–Crippen LogP) is 2.09. The zero-order chi connectivity index (χ0) is 12.7. The van der Waals surface area contributed by atoms with E-state index in [9.17, 15) is 4.79 Å². The van der Waals surface area contributed by atoms with E-state index in [1.807, 2.05) is 30.3 Å². The number of isocyanates is 1. The van der Waals surface area contributed by atoms with Crippen molar-refractivity contribution in [2.45, 2.75) is 25.0 Å². The molecule has 4 heteroatoms. The van der Waals surface area contributed by atoms with E-state index in [-0.39, 0.29) is 0 Å². The molecule has 1 aliphatic heterocycles. The van der Waals surface area contributed by atoms with Crippen molar-refractivity contribution in [1.82, 2.24) is 0 Å². The number of carbonyl (C=O) groups excluding carboxylic acids is 1. The quantitative estimate of drug-likeness (QED) is 0.591. The Balaban J connectivity index is 1.88. The summed E-state index contributed by atoms with van der Waals surface area (Å²) in [6.07, 6.45) is 3.10. The molecule has 1 aromatic rings. The molecule has 2 rings (SSSR count). The molecule has 0 aliphatic carbocycles. The Morgan fingerprint density at radius 3 is 2.67 bits per heavy atom. The van der Waals surface area contributed by atoms with E-state index in [1.165, 1.54) is 0 Å². The molecule has 0 saturated carbocycles. The first kappa shape index (κ1) is 13.0. The van der Waals surface area contributed by atoms with Crippen molar-refractivity contribution in [2.75, 3.05) is 19.8 Å². The lowest BCUT2D eigenvalue weighted by molar-refractivity contribution is 0.00122. The maximum absolute atomic E-state index is 10.5. The van der Waals surface area contributed by atoms with Crippen LogP contribution in [0, 0.1) is 0 Å². The van der Waals surface area contributed by atoms with Crippen molar-refractivity contribution in [1.29, 1.82) is 0 Å². The molecule has 0 unspecified atom stereocenters. The van der Waals surface area contributed by atoms with Crippen LogP contribution >= 0.6 is 0 Å². The van der Waals surface area contributed by atoms with Crippen LogP contribution in [0.2, 0.25) is 0 Å². The summed E-state index contributed by atoms with van der Waals surface area (Å²) in [7, 11) is 0. The number of nitrogens with zero attached hydrogens (tertiary/aromatic N) is 1. The van der Waals surface area contributed by atoms with Crippen molar-refractivity contribution in [3.05, 3.63) is 35.9 Å². The standard InChI is InChI=1S/C14H17NO3/c16-12-15-14(6-8-17-9-7-14)11-18-10-13-4-2-1-3-5-13/h1-5H,6-11H2. The van der Waals surface area contributed by atoms with Gasteiger partial charge in [0, 0.05) is 13.2 Å². The molecule has 0 N–H and O–H groups in total. The number of hydrogen-bond donors (Lipinski definition) is 0. The second-order valence-electron chi connectivity index (χ2n) is 4.52. The Morgan fingerprint density at radius 1 is 1.28 bits per heavy atom. The summed E-state index contributed by atoms with van der Waals surface area (Å²) in [4.78, 5) is 14.5. The lowest BCUT2D eigenvalue weighted by Gasteiger charge is -2.31. The second kappa shape index (κ2) is 6.45. The highest BCUT2D eigenvalue weighted by Gasteiger charge is 2.32. The molecule has 0 bridgehead atoms. The maximum atomic E-state index is 10.5. The summed E-state index contributed by atoms with van der Waals surface area (Å²) in [6.45, 7) is 2.23. The van der Waals surface area contributed by atoms with Crippen molar-refractivity contribution in [2.24, 2.45) is 4.99 Å². The molecule has 0 radical (unpaired) electrons. The van der Waals surface area contributed by atoms with Crippen LogP contribution in [-0.4, -0.2) is 31.4 Å². The highest BCUT2D eigenvalue weighted by Crippen LogP contribution is 2.25. The highest BCUT2D eigenvalue weighted by molar-refractivity contribution is 5.35. The van der Waals surface area contributed by atoms with Crippen LogP contribution in [0.1, 0.15) is 18.4 Å². The summed E-state index contributed by atoms with van der Waals surface area (Å²) < 4.78 is 11.0. The number of ether oxygens (including phenoxy) is 2. The molecule has 18 heavy (non-hydrogen) atoms. The number of rotatable bonds is 5. The number of benzene rings is 1. The van der Waals surface area contributed by atoms with Crippen molar-refractivity contribution in [3.63, 3.8) is 0 Å². The van der Waals surface area contributed by atoms with Gasteiger partial charge < -0.3 is 9.47 Å². The number of hydrogen-bond acceptors (Lipinski definition) is 4. The van der Waals surface area contributed by atoms with Crippen LogP contribution in [0.25, 0.3) is 0 Å². The first-order chi connectivity index (χ1) is 8.85. The molecule has 4 nitrogen and oxygen atoms in total. The molecular formula is C14H17NO3. The largest absolute Gasteiger partial charge is 0.381 e. The van der Waals surface area contributed by atoms with E-state index in [0.717, 1.165) is 18.4 Å². The fourth-order valence-electron chi connectivity index (χ4n) is 2.07. The van der Waals surface area contributed by atoms with Crippen LogP contribution in [0.3, 0.4) is 0 Å². The number of aliphatic imine (C=N–C) groups is 1. The van der Waals surface area contributed by atoms with E-state index in [4.69, 9.17) is 9.47 Å². The van der Waals surface area contributed by atoms with E-state index in [2.05, 4.69) is 4.99 Å². The monoisotopic (exact) mass is 247 g/mol. The summed E-state index contributed by atoms with van der Waals surface area (Å²) in [6, 6.07) is 9.96. The van der Waals surface area contributed by atoms with Gasteiger partial charge in [-0.2, -0.15) is 4.99 Å². The minimum Gasteiger partial charge on any atom is -0.381 e. The van der Waals surface area contributed by atoms with Gasteiger partial charge in [0.1, 0.15) is 5.54 Å². The fraction of sp³-hybridized carbons (Fsp3) is 0.500. The van der Waals surface area contributed by atoms with E-state index in [0.29, 0.717) is 26.4 Å². The average Bonchev–Trinajstić information content (AvgIpc) is 2.41. The molecule has 1 fully saturated rings. The van der Waals surface area contributed by atoms with Gasteiger partial charge in [-0.05, 0) is 18.4 Å². The zero-order valence-electron chi connectivity index (χ0n) is 10.3. The molecule has 1 aromatic carbocycles. The lowest BCUT2D eigenvalue weighted by Crippen LogP contribution is -2.38. The van der Waals surface area contributed by atoms with Gasteiger partial charge >= 0.3 is 0 Å². The first-order valence-corrected chi connectivity index (χ1v) is 6.13. The lowest BCUT2D eigenvalue weighted by atomic mass is 9.92. The summed E-state index contributed by atoms with van der Waals surface area (Å²) in [5, 5.41) is 0. The normalized spacial score (nSPS) is 18.0. The SMILES string of the molecule is O=C=NC1(COCc2ccccc2)CCOCC1. The molecule has 96 valence electrons. The Morgan fingerprint density at radius 2 is 2.00 bits per heavy atom. The first-order valence-electron chi connectivity index (χ1n) is 6.13. The van der Waals surface area contributed by atoms with Gasteiger partial charge in [0.2, 0.25) is 6.08 Å². The van der Waals surface area contributed by atoms with Crippen LogP contribution in [0.4, 0.5) is 0 Å². The van der Waals surface area contributed by atoms with Gasteiger partial charge in [-0.15, -0.1) is 0 Å². The van der Waals surface area contributed by atoms with Gasteiger partial charge in [-0.25, -0.2) is 4.79 Å². The van der Waals surface area contributed by atoms with E-state index in [1.54, 1.807) is 6.08 Å². The van der Waals surface area contributed by atoms with Gasteiger partial charge in [0.25, 0.3) is 0 Å². The highest BCUT2D eigenvalue weighted by atomic mass is 16.5. The fourth-order valence-corrected chi connectivity index (χ4v) is 2.07. The van der Waals surface area contributed by atoms with Crippen LogP contribution < -0.4 is 0 Å².